The molecular formula is C41H54N2O4Si2. The first-order valence-electron chi connectivity index (χ1n) is 17.6. The van der Waals surface area contributed by atoms with Crippen molar-refractivity contribution in [1.82, 2.24) is 9.97 Å². The average Bonchev–Trinajstić information content (AvgIpc) is 3.05. The smallest absolute Gasteiger partial charge is 0.237 e. The van der Waals surface area contributed by atoms with Crippen LogP contribution in [-0.4, -0.2) is 26.6 Å². The zero-order valence-electron chi connectivity index (χ0n) is 31.1. The first-order valence-corrected chi connectivity index (χ1v) is 23.4. The van der Waals surface area contributed by atoms with Crippen LogP contribution in [0.5, 0.6) is 0 Å². The molecule has 0 aliphatic rings. The summed E-state index contributed by atoms with van der Waals surface area (Å²) in [5, 5.41) is 0.181. The van der Waals surface area contributed by atoms with Crippen LogP contribution in [0.15, 0.2) is 94.1 Å². The van der Waals surface area contributed by atoms with E-state index in [1.165, 1.54) is 11.1 Å². The number of hydrogen-bond acceptors (Lipinski definition) is 6. The van der Waals surface area contributed by atoms with Crippen molar-refractivity contribution < 1.29 is 13.3 Å². The van der Waals surface area contributed by atoms with E-state index in [2.05, 4.69) is 116 Å². The monoisotopic (exact) mass is 694 g/mol. The highest BCUT2D eigenvalue weighted by molar-refractivity contribution is 6.74. The fourth-order valence-corrected chi connectivity index (χ4v) is 8.16. The summed E-state index contributed by atoms with van der Waals surface area (Å²) in [5.41, 5.74) is 5.39. The number of nitrogens with zero attached hydrogens (tertiary/aromatic N) is 2. The van der Waals surface area contributed by atoms with Gasteiger partial charge in [0.2, 0.25) is 5.43 Å². The molecule has 2 unspecified atom stereocenters. The van der Waals surface area contributed by atoms with Gasteiger partial charge in [-0.05, 0) is 97.3 Å². The standard InChI is InChI=1S/C41H54N2O4Si2/c1-40(2,3)48(7,8)46-33(29-17-13-11-14-18-29)25-21-31-23-27-35-37(42-31)39(44)38-36(45-35)28-24-32(43-38)22-26-34(30-19-15-12-16-20-30)47-49(9,10)41(4,5)6/h11-20,23-24,27-28,33-34H,21-22,25-26H2,1-10H3. The SMILES string of the molecule is CC(C)(C)[Si](C)(C)OC(CCc1ccc2oc3ccc(CCC(O[Si](C)(C)C(C)(C)C)c4ccccc4)nc3c(=O)c2n1)c1ccccc1. The molecule has 0 N–H and O–H groups in total. The Morgan fingerprint density at radius 2 is 0.959 bits per heavy atom. The zero-order valence-corrected chi connectivity index (χ0v) is 33.1. The Balaban J connectivity index is 1.39. The Hall–Kier alpha value is -3.44. The van der Waals surface area contributed by atoms with E-state index in [1.54, 1.807) is 0 Å². The van der Waals surface area contributed by atoms with Crippen LogP contribution in [0.25, 0.3) is 22.2 Å². The topological polar surface area (TPSA) is 74.5 Å². The van der Waals surface area contributed by atoms with Crippen LogP contribution in [0.2, 0.25) is 36.3 Å². The maximum absolute atomic E-state index is 13.9. The molecule has 6 nitrogen and oxygen atoms in total. The lowest BCUT2D eigenvalue weighted by Gasteiger charge is -2.39. The molecule has 0 bridgehead atoms. The normalized spacial score (nSPS) is 14.3. The number of fused-ring (bicyclic) bond motifs is 2. The first kappa shape index (κ1) is 36.8. The molecule has 0 aliphatic carbocycles. The molecule has 5 aromatic rings. The van der Waals surface area contributed by atoms with E-state index in [1.807, 2.05) is 36.4 Å². The third-order valence-electron chi connectivity index (χ3n) is 10.6. The maximum Gasteiger partial charge on any atom is 0.237 e. The van der Waals surface area contributed by atoms with E-state index in [0.29, 0.717) is 35.0 Å². The number of hydrogen-bond donors (Lipinski definition) is 0. The predicted molar refractivity (Wildman–Crippen MR) is 207 cm³/mol. The summed E-state index contributed by atoms with van der Waals surface area (Å²) < 4.78 is 20.0. The second kappa shape index (κ2) is 14.4. The van der Waals surface area contributed by atoms with E-state index in [-0.39, 0.29) is 27.7 Å². The second-order valence-electron chi connectivity index (χ2n) is 16.4. The van der Waals surface area contributed by atoms with Crippen molar-refractivity contribution in [3.05, 3.63) is 118 Å². The van der Waals surface area contributed by atoms with Gasteiger partial charge in [-0.25, -0.2) is 9.97 Å². The fraction of sp³-hybridized carbons (Fsp3) is 0.439. The van der Waals surface area contributed by atoms with Crippen molar-refractivity contribution >= 4 is 38.8 Å². The van der Waals surface area contributed by atoms with Gasteiger partial charge >= 0.3 is 0 Å². The minimum atomic E-state index is -2.03. The number of aromatic nitrogens is 2. The van der Waals surface area contributed by atoms with Gasteiger partial charge < -0.3 is 13.3 Å². The molecule has 260 valence electrons. The van der Waals surface area contributed by atoms with E-state index >= 15 is 0 Å². The maximum atomic E-state index is 13.9. The van der Waals surface area contributed by atoms with Crippen molar-refractivity contribution in [1.29, 1.82) is 0 Å². The number of benzene rings is 2. The Labute approximate surface area is 294 Å². The molecule has 0 saturated heterocycles. The second-order valence-corrected chi connectivity index (χ2v) is 25.9. The number of pyridine rings is 2. The summed E-state index contributed by atoms with van der Waals surface area (Å²) in [7, 11) is -4.06. The van der Waals surface area contributed by atoms with Gasteiger partial charge in [-0.1, -0.05) is 102 Å². The summed E-state index contributed by atoms with van der Waals surface area (Å²) in [6.07, 6.45) is 2.74. The summed E-state index contributed by atoms with van der Waals surface area (Å²) in [6.45, 7) is 22.7. The lowest BCUT2D eigenvalue weighted by atomic mass is 10.0. The van der Waals surface area contributed by atoms with Gasteiger partial charge in [-0.2, -0.15) is 0 Å². The minimum absolute atomic E-state index is 0.0582. The Bertz CT molecular complexity index is 1790. The van der Waals surface area contributed by atoms with E-state index in [9.17, 15) is 4.79 Å². The van der Waals surface area contributed by atoms with Gasteiger partial charge in [0.1, 0.15) is 0 Å². The van der Waals surface area contributed by atoms with E-state index in [0.717, 1.165) is 24.2 Å². The highest BCUT2D eigenvalue weighted by Crippen LogP contribution is 2.42. The van der Waals surface area contributed by atoms with Gasteiger partial charge in [-0.3, -0.25) is 4.79 Å². The van der Waals surface area contributed by atoms with Crippen LogP contribution in [0.3, 0.4) is 0 Å². The van der Waals surface area contributed by atoms with Crippen LogP contribution in [0, 0.1) is 0 Å². The fourth-order valence-electron chi connectivity index (χ4n) is 5.52. The van der Waals surface area contributed by atoms with Crippen LogP contribution in [0.1, 0.15) is 89.1 Å². The average molecular weight is 695 g/mol. The minimum Gasteiger partial charge on any atom is -0.453 e. The Kier molecular flexibility index (Phi) is 10.8. The number of aryl methyl sites for hydroxylation is 2. The molecular weight excluding hydrogens is 641 g/mol. The van der Waals surface area contributed by atoms with Crippen LogP contribution in [-0.2, 0) is 21.7 Å². The van der Waals surface area contributed by atoms with Crippen LogP contribution < -0.4 is 5.43 Å². The van der Waals surface area contributed by atoms with Crippen molar-refractivity contribution in [2.24, 2.45) is 0 Å². The van der Waals surface area contributed by atoms with E-state index in [4.69, 9.17) is 23.2 Å². The van der Waals surface area contributed by atoms with Crippen molar-refractivity contribution in [3.8, 4) is 0 Å². The molecule has 3 aromatic heterocycles. The summed E-state index contributed by atoms with van der Waals surface area (Å²) in [5.74, 6) is 0. The molecule has 0 radical (unpaired) electrons. The molecule has 0 aliphatic heterocycles. The highest BCUT2D eigenvalue weighted by Gasteiger charge is 2.40. The predicted octanol–water partition coefficient (Wildman–Crippen LogP) is 11.1. The molecule has 3 heterocycles. The van der Waals surface area contributed by atoms with Crippen molar-refractivity contribution in [2.75, 3.05) is 0 Å². The molecule has 49 heavy (non-hydrogen) atoms. The van der Waals surface area contributed by atoms with Gasteiger partial charge in [0.25, 0.3) is 0 Å². The Morgan fingerprint density at radius 1 is 0.592 bits per heavy atom. The largest absolute Gasteiger partial charge is 0.453 e. The third-order valence-corrected chi connectivity index (χ3v) is 19.6. The highest BCUT2D eigenvalue weighted by atomic mass is 28.4. The molecule has 0 amide bonds. The van der Waals surface area contributed by atoms with Crippen LogP contribution in [0.4, 0.5) is 0 Å². The summed E-state index contributed by atoms with van der Waals surface area (Å²) in [4.78, 5) is 23.6. The lowest BCUT2D eigenvalue weighted by Crippen LogP contribution is -2.42. The summed E-state index contributed by atoms with van der Waals surface area (Å²) >= 11 is 0. The molecule has 2 aromatic carbocycles. The zero-order chi connectivity index (χ0) is 35.6. The molecule has 5 rings (SSSR count). The van der Waals surface area contributed by atoms with Gasteiger partial charge in [0.05, 0.1) is 12.2 Å². The first-order chi connectivity index (χ1) is 22.9. The quantitative estimate of drug-likeness (QED) is 0.0956. The van der Waals surface area contributed by atoms with Crippen LogP contribution >= 0.6 is 0 Å². The van der Waals surface area contributed by atoms with Gasteiger partial charge in [-0.15, -0.1) is 0 Å². The number of rotatable bonds is 12. The molecule has 0 spiro atoms. The third kappa shape index (κ3) is 8.66. The van der Waals surface area contributed by atoms with Gasteiger partial charge in [0, 0.05) is 11.4 Å². The molecule has 0 saturated carbocycles. The molecule has 2 atom stereocenters. The molecule has 0 fully saturated rings. The summed E-state index contributed by atoms with van der Waals surface area (Å²) in [6, 6.07) is 28.5. The lowest BCUT2D eigenvalue weighted by molar-refractivity contribution is 0.173. The van der Waals surface area contributed by atoms with Gasteiger partial charge in [0.15, 0.2) is 38.8 Å². The Morgan fingerprint density at radius 3 is 1.31 bits per heavy atom. The van der Waals surface area contributed by atoms with Crippen molar-refractivity contribution in [2.45, 2.75) is 116 Å². The van der Waals surface area contributed by atoms with Crippen molar-refractivity contribution in [3.63, 3.8) is 0 Å². The molecule has 8 heteroatoms. The van der Waals surface area contributed by atoms with E-state index < -0.39 is 16.6 Å².